The van der Waals surface area contributed by atoms with Crippen molar-refractivity contribution >= 4 is 0 Å². The van der Waals surface area contributed by atoms with Crippen molar-refractivity contribution in [1.82, 2.24) is 5.32 Å². The Morgan fingerprint density at radius 3 is 2.67 bits per heavy atom. The Labute approximate surface area is 127 Å². The molecule has 118 valence electrons. The molecule has 1 heterocycles. The standard InChI is InChI=1S/C17H27NO3/c1-16(2,3)18-9-14(10-19)12-6-7-15-13(8-12)11-20-17(4,5)21-15/h6-8,14,18-19H,9-11H2,1-5H3/t14-/m1/s1. The third-order valence-corrected chi connectivity index (χ3v) is 3.59. The van der Waals surface area contributed by atoms with E-state index in [-0.39, 0.29) is 18.1 Å². The highest BCUT2D eigenvalue weighted by molar-refractivity contribution is 5.39. The van der Waals surface area contributed by atoms with Crippen molar-refractivity contribution in [3.8, 4) is 5.75 Å². The molecular weight excluding hydrogens is 266 g/mol. The Bertz CT molecular complexity index is 491. The number of fused-ring (bicyclic) bond motifs is 1. The predicted octanol–water partition coefficient (Wildman–Crippen LogP) is 2.80. The fraction of sp³-hybridized carbons (Fsp3) is 0.647. The van der Waals surface area contributed by atoms with Crippen LogP contribution in [0.2, 0.25) is 0 Å². The van der Waals surface area contributed by atoms with Gasteiger partial charge in [0.1, 0.15) is 5.75 Å². The molecule has 1 aromatic carbocycles. The zero-order chi connectivity index (χ0) is 15.7. The van der Waals surface area contributed by atoms with Crippen molar-refractivity contribution in [3.63, 3.8) is 0 Å². The van der Waals surface area contributed by atoms with E-state index in [0.717, 1.165) is 23.4 Å². The number of hydrogen-bond acceptors (Lipinski definition) is 4. The van der Waals surface area contributed by atoms with E-state index in [9.17, 15) is 5.11 Å². The third kappa shape index (κ3) is 4.43. The molecule has 0 bridgehead atoms. The summed E-state index contributed by atoms with van der Waals surface area (Å²) in [6, 6.07) is 6.09. The van der Waals surface area contributed by atoms with Gasteiger partial charge >= 0.3 is 0 Å². The quantitative estimate of drug-likeness (QED) is 0.896. The molecule has 1 aromatic rings. The molecule has 0 saturated heterocycles. The van der Waals surface area contributed by atoms with Crippen LogP contribution >= 0.6 is 0 Å². The lowest BCUT2D eigenvalue weighted by molar-refractivity contribution is -0.180. The second-order valence-corrected chi connectivity index (χ2v) is 7.17. The molecule has 0 saturated carbocycles. The second-order valence-electron chi connectivity index (χ2n) is 7.17. The maximum absolute atomic E-state index is 9.66. The summed E-state index contributed by atoms with van der Waals surface area (Å²) >= 11 is 0. The van der Waals surface area contributed by atoms with Gasteiger partial charge in [-0.25, -0.2) is 0 Å². The van der Waals surface area contributed by atoms with E-state index in [4.69, 9.17) is 9.47 Å². The normalized spacial score (nSPS) is 18.8. The molecule has 21 heavy (non-hydrogen) atoms. The molecular formula is C17H27NO3. The van der Waals surface area contributed by atoms with Crippen LogP contribution < -0.4 is 10.1 Å². The lowest BCUT2D eigenvalue weighted by Crippen LogP contribution is -2.39. The first kappa shape index (κ1) is 16.3. The maximum atomic E-state index is 9.66. The van der Waals surface area contributed by atoms with Crippen LogP contribution in [-0.4, -0.2) is 29.6 Å². The summed E-state index contributed by atoms with van der Waals surface area (Å²) in [7, 11) is 0. The molecule has 0 aromatic heterocycles. The van der Waals surface area contributed by atoms with E-state index in [0.29, 0.717) is 6.61 Å². The molecule has 0 spiro atoms. The Balaban J connectivity index is 2.13. The highest BCUT2D eigenvalue weighted by atomic mass is 16.7. The molecule has 0 radical (unpaired) electrons. The van der Waals surface area contributed by atoms with Crippen molar-refractivity contribution < 1.29 is 14.6 Å². The van der Waals surface area contributed by atoms with Crippen LogP contribution in [0.4, 0.5) is 0 Å². The van der Waals surface area contributed by atoms with E-state index in [1.54, 1.807) is 0 Å². The summed E-state index contributed by atoms with van der Waals surface area (Å²) in [4.78, 5) is 0. The zero-order valence-electron chi connectivity index (χ0n) is 13.7. The molecule has 1 atom stereocenters. The Morgan fingerprint density at radius 1 is 1.33 bits per heavy atom. The monoisotopic (exact) mass is 293 g/mol. The number of aliphatic hydroxyl groups excluding tert-OH is 1. The van der Waals surface area contributed by atoms with Gasteiger partial charge in [0.15, 0.2) is 0 Å². The van der Waals surface area contributed by atoms with Crippen molar-refractivity contribution in [2.24, 2.45) is 0 Å². The van der Waals surface area contributed by atoms with Gasteiger partial charge in [-0.3, -0.25) is 0 Å². The first-order chi connectivity index (χ1) is 9.70. The van der Waals surface area contributed by atoms with E-state index in [1.807, 2.05) is 26.0 Å². The summed E-state index contributed by atoms with van der Waals surface area (Å²) < 4.78 is 11.5. The van der Waals surface area contributed by atoms with Crippen LogP contribution in [0.15, 0.2) is 18.2 Å². The van der Waals surface area contributed by atoms with E-state index in [2.05, 4.69) is 32.2 Å². The number of hydrogen-bond donors (Lipinski definition) is 2. The molecule has 0 aliphatic carbocycles. The van der Waals surface area contributed by atoms with Crippen molar-refractivity contribution in [2.45, 2.75) is 58.5 Å². The van der Waals surface area contributed by atoms with Gasteiger partial charge in [0, 0.05) is 37.4 Å². The van der Waals surface area contributed by atoms with Crippen LogP contribution in [-0.2, 0) is 11.3 Å². The number of aliphatic hydroxyl groups is 1. The number of nitrogens with one attached hydrogen (secondary N) is 1. The first-order valence-electron chi connectivity index (χ1n) is 7.52. The molecule has 2 N–H and O–H groups in total. The Kier molecular flexibility index (Phi) is 4.61. The van der Waals surface area contributed by atoms with Crippen molar-refractivity contribution in [3.05, 3.63) is 29.3 Å². The summed E-state index contributed by atoms with van der Waals surface area (Å²) in [5.74, 6) is 0.374. The topological polar surface area (TPSA) is 50.7 Å². The number of ether oxygens (including phenoxy) is 2. The van der Waals surface area contributed by atoms with Gasteiger partial charge in [0.25, 0.3) is 0 Å². The highest BCUT2D eigenvalue weighted by Crippen LogP contribution is 2.33. The summed E-state index contributed by atoms with van der Waals surface area (Å²) in [5, 5.41) is 13.1. The molecule has 4 heteroatoms. The van der Waals surface area contributed by atoms with E-state index >= 15 is 0 Å². The fourth-order valence-corrected chi connectivity index (χ4v) is 2.33. The smallest absolute Gasteiger partial charge is 0.205 e. The van der Waals surface area contributed by atoms with E-state index < -0.39 is 5.79 Å². The van der Waals surface area contributed by atoms with Gasteiger partial charge in [-0.1, -0.05) is 6.07 Å². The SMILES string of the molecule is CC(C)(C)NC[C@H](CO)c1ccc2c(c1)COC(C)(C)O2. The van der Waals surface area contributed by atoms with Gasteiger partial charge in [0.2, 0.25) is 5.79 Å². The van der Waals surface area contributed by atoms with Crippen LogP contribution in [0.5, 0.6) is 5.75 Å². The lowest BCUT2D eigenvalue weighted by atomic mass is 9.96. The summed E-state index contributed by atoms with van der Waals surface area (Å²) in [6.07, 6.45) is 0. The Hall–Kier alpha value is -1.10. The number of benzene rings is 1. The summed E-state index contributed by atoms with van der Waals surface area (Å²) in [6.45, 7) is 11.6. The zero-order valence-corrected chi connectivity index (χ0v) is 13.7. The molecule has 0 fully saturated rings. The molecule has 2 rings (SSSR count). The largest absolute Gasteiger partial charge is 0.463 e. The molecule has 1 aliphatic rings. The van der Waals surface area contributed by atoms with Gasteiger partial charge < -0.3 is 19.9 Å². The van der Waals surface area contributed by atoms with Gasteiger partial charge in [-0.05, 0) is 38.5 Å². The average Bonchev–Trinajstić information content (AvgIpc) is 2.37. The molecule has 4 nitrogen and oxygen atoms in total. The molecule has 0 unspecified atom stereocenters. The highest BCUT2D eigenvalue weighted by Gasteiger charge is 2.28. The van der Waals surface area contributed by atoms with Gasteiger partial charge in [-0.2, -0.15) is 0 Å². The minimum atomic E-state index is -0.571. The van der Waals surface area contributed by atoms with Crippen molar-refractivity contribution in [2.75, 3.05) is 13.2 Å². The molecule has 0 amide bonds. The van der Waals surface area contributed by atoms with E-state index in [1.165, 1.54) is 0 Å². The predicted molar refractivity (Wildman–Crippen MR) is 83.5 cm³/mol. The van der Waals surface area contributed by atoms with Gasteiger partial charge in [-0.15, -0.1) is 0 Å². The number of rotatable bonds is 4. The third-order valence-electron chi connectivity index (χ3n) is 3.59. The van der Waals surface area contributed by atoms with Gasteiger partial charge in [0.05, 0.1) is 13.2 Å². The lowest BCUT2D eigenvalue weighted by Gasteiger charge is -2.33. The molecule has 1 aliphatic heterocycles. The second kappa shape index (κ2) is 5.95. The minimum absolute atomic E-state index is 0.0396. The van der Waals surface area contributed by atoms with Crippen LogP contribution in [0, 0.1) is 0 Å². The van der Waals surface area contributed by atoms with Crippen LogP contribution in [0.1, 0.15) is 51.7 Å². The van der Waals surface area contributed by atoms with Crippen molar-refractivity contribution in [1.29, 1.82) is 0 Å². The fourth-order valence-electron chi connectivity index (χ4n) is 2.33. The maximum Gasteiger partial charge on any atom is 0.205 e. The first-order valence-corrected chi connectivity index (χ1v) is 7.52. The Morgan fingerprint density at radius 2 is 2.05 bits per heavy atom. The minimum Gasteiger partial charge on any atom is -0.463 e. The average molecular weight is 293 g/mol. The summed E-state index contributed by atoms with van der Waals surface area (Å²) in [5.41, 5.74) is 2.19. The van der Waals surface area contributed by atoms with Crippen LogP contribution in [0.3, 0.4) is 0 Å². The van der Waals surface area contributed by atoms with Crippen LogP contribution in [0.25, 0.3) is 0 Å².